The molecule has 3 fully saturated rings. The van der Waals surface area contributed by atoms with Crippen LogP contribution in [0.4, 0.5) is 0 Å². The van der Waals surface area contributed by atoms with Crippen molar-refractivity contribution >= 4 is 11.8 Å². The van der Waals surface area contributed by atoms with E-state index in [0.29, 0.717) is 25.3 Å². The second-order valence-electron chi connectivity index (χ2n) is 11.3. The average Bonchev–Trinajstić information content (AvgIpc) is 2.94. The number of aromatic nitrogens is 1. The van der Waals surface area contributed by atoms with E-state index in [4.69, 9.17) is 0 Å². The van der Waals surface area contributed by atoms with Crippen molar-refractivity contribution in [1.82, 2.24) is 20.1 Å². The Hall–Kier alpha value is -2.73. The summed E-state index contributed by atoms with van der Waals surface area (Å²) in [6.07, 6.45) is 12.3. The molecule has 0 unspecified atom stereocenters. The maximum absolute atomic E-state index is 13.7. The molecular formula is C31H42N4O2. The van der Waals surface area contributed by atoms with Crippen LogP contribution in [0.1, 0.15) is 76.7 Å². The number of amides is 2. The molecular weight excluding hydrogens is 460 g/mol. The van der Waals surface area contributed by atoms with Gasteiger partial charge in [-0.05, 0) is 43.2 Å². The van der Waals surface area contributed by atoms with Crippen LogP contribution in [-0.4, -0.2) is 57.8 Å². The normalized spacial score (nSPS) is 22.8. The van der Waals surface area contributed by atoms with Crippen LogP contribution in [0.3, 0.4) is 0 Å². The summed E-state index contributed by atoms with van der Waals surface area (Å²) in [5, 5.41) is 3.21. The Morgan fingerprint density at radius 1 is 1.00 bits per heavy atom. The summed E-state index contributed by atoms with van der Waals surface area (Å²) in [6.45, 7) is 5.26. The zero-order chi connectivity index (χ0) is 25.7. The van der Waals surface area contributed by atoms with Crippen LogP contribution in [-0.2, 0) is 16.1 Å². The Labute approximate surface area is 221 Å². The Morgan fingerprint density at radius 2 is 1.76 bits per heavy atom. The molecule has 1 saturated carbocycles. The van der Waals surface area contributed by atoms with E-state index < -0.39 is 5.54 Å². The fourth-order valence-corrected chi connectivity index (χ4v) is 6.57. The number of hydrogen-bond donors (Lipinski definition) is 1. The predicted molar refractivity (Wildman–Crippen MR) is 147 cm³/mol. The minimum absolute atomic E-state index is 0.0811. The highest BCUT2D eigenvalue weighted by Crippen LogP contribution is 2.36. The van der Waals surface area contributed by atoms with Crippen LogP contribution < -0.4 is 5.32 Å². The van der Waals surface area contributed by atoms with Gasteiger partial charge in [-0.25, -0.2) is 0 Å². The van der Waals surface area contributed by atoms with E-state index in [1.165, 1.54) is 37.7 Å². The third-order valence-corrected chi connectivity index (χ3v) is 8.82. The van der Waals surface area contributed by atoms with Crippen molar-refractivity contribution in [3.8, 4) is 11.3 Å². The lowest BCUT2D eigenvalue weighted by Crippen LogP contribution is -2.73. The summed E-state index contributed by atoms with van der Waals surface area (Å²) in [5.74, 6) is 0.805. The van der Waals surface area contributed by atoms with Crippen LogP contribution in [0.15, 0.2) is 48.7 Å². The van der Waals surface area contributed by atoms with E-state index in [2.05, 4.69) is 46.4 Å². The highest BCUT2D eigenvalue weighted by atomic mass is 16.2. The standard InChI is InChI=1S/C31H42N4O2/c1-2-3-18-35-29(36)28(21-24-10-6-4-7-11-24)33-30(37)31(35)16-19-34(20-17-31)23-25-14-15-27(32-22-25)26-12-8-5-9-13-26/h5,8-9,12-15,22,24,28H,2-4,6-7,10-11,16-21,23H2,1H3,(H,33,37)/t28-/m0/s1. The summed E-state index contributed by atoms with van der Waals surface area (Å²) in [6, 6.07) is 14.1. The van der Waals surface area contributed by atoms with E-state index in [1.54, 1.807) is 0 Å². The number of piperazine rings is 1. The van der Waals surface area contributed by atoms with Crippen LogP contribution >= 0.6 is 0 Å². The highest BCUT2D eigenvalue weighted by molar-refractivity contribution is 6.00. The highest BCUT2D eigenvalue weighted by Gasteiger charge is 2.53. The Balaban J connectivity index is 1.23. The molecule has 0 radical (unpaired) electrons. The smallest absolute Gasteiger partial charge is 0.246 e. The van der Waals surface area contributed by atoms with Gasteiger partial charge in [0.05, 0.1) is 5.69 Å². The summed E-state index contributed by atoms with van der Waals surface area (Å²) in [4.78, 5) is 36.5. The molecule has 3 heterocycles. The largest absolute Gasteiger partial charge is 0.342 e. The van der Waals surface area contributed by atoms with Gasteiger partial charge >= 0.3 is 0 Å². The average molecular weight is 503 g/mol. The predicted octanol–water partition coefficient (Wildman–Crippen LogP) is 5.18. The first-order valence-electron chi connectivity index (χ1n) is 14.4. The number of hydrogen-bond acceptors (Lipinski definition) is 4. The molecule has 6 nitrogen and oxygen atoms in total. The van der Waals surface area contributed by atoms with E-state index in [-0.39, 0.29) is 17.9 Å². The van der Waals surface area contributed by atoms with Gasteiger partial charge in [-0.3, -0.25) is 19.5 Å². The van der Waals surface area contributed by atoms with E-state index >= 15 is 0 Å². The maximum atomic E-state index is 13.7. The topological polar surface area (TPSA) is 65.5 Å². The zero-order valence-corrected chi connectivity index (χ0v) is 22.3. The number of unbranched alkanes of at least 4 members (excludes halogenated alkanes) is 1. The molecule has 2 aromatic rings. The number of nitrogens with one attached hydrogen (secondary N) is 1. The van der Waals surface area contributed by atoms with Crippen molar-refractivity contribution in [3.05, 3.63) is 54.2 Å². The van der Waals surface area contributed by atoms with Crippen molar-refractivity contribution in [1.29, 1.82) is 0 Å². The van der Waals surface area contributed by atoms with Gasteiger partial charge in [-0.1, -0.05) is 81.8 Å². The van der Waals surface area contributed by atoms with E-state index in [0.717, 1.165) is 50.2 Å². The van der Waals surface area contributed by atoms with Crippen molar-refractivity contribution < 1.29 is 9.59 Å². The van der Waals surface area contributed by atoms with E-state index in [1.807, 2.05) is 29.3 Å². The molecule has 1 atom stereocenters. The molecule has 6 heteroatoms. The fraction of sp³-hybridized carbons (Fsp3) is 0.581. The molecule has 0 bridgehead atoms. The summed E-state index contributed by atoms with van der Waals surface area (Å²) in [7, 11) is 0. The van der Waals surface area contributed by atoms with Gasteiger partial charge < -0.3 is 10.2 Å². The van der Waals surface area contributed by atoms with Crippen molar-refractivity contribution in [2.75, 3.05) is 19.6 Å². The van der Waals surface area contributed by atoms with Crippen LogP contribution in [0, 0.1) is 5.92 Å². The molecule has 1 aromatic carbocycles. The molecule has 2 saturated heterocycles. The number of piperidine rings is 1. The number of pyridine rings is 1. The molecule has 5 rings (SSSR count). The molecule has 1 spiro atoms. The van der Waals surface area contributed by atoms with Crippen LogP contribution in [0.5, 0.6) is 0 Å². The van der Waals surface area contributed by atoms with Gasteiger partial charge in [0.25, 0.3) is 0 Å². The number of benzene rings is 1. The van der Waals surface area contributed by atoms with Gasteiger partial charge in [0, 0.05) is 37.9 Å². The Bertz CT molecular complexity index is 1040. The first-order valence-corrected chi connectivity index (χ1v) is 14.4. The van der Waals surface area contributed by atoms with Gasteiger partial charge in [-0.15, -0.1) is 0 Å². The Kier molecular flexibility index (Phi) is 8.23. The summed E-state index contributed by atoms with van der Waals surface area (Å²) >= 11 is 0. The molecule has 37 heavy (non-hydrogen) atoms. The SMILES string of the molecule is CCCCN1C(=O)[C@H](CC2CCCCC2)NC(=O)C12CCN(Cc1ccc(-c3ccccc3)nc1)CC2. The number of carbonyl (C=O) groups is 2. The second kappa shape index (κ2) is 11.8. The quantitative estimate of drug-likeness (QED) is 0.540. The molecule has 2 amide bonds. The maximum Gasteiger partial charge on any atom is 0.246 e. The van der Waals surface area contributed by atoms with Gasteiger partial charge in [0.2, 0.25) is 11.8 Å². The number of carbonyl (C=O) groups excluding carboxylic acids is 2. The van der Waals surface area contributed by atoms with Gasteiger partial charge in [-0.2, -0.15) is 0 Å². The first kappa shape index (κ1) is 25.9. The van der Waals surface area contributed by atoms with Crippen LogP contribution in [0.25, 0.3) is 11.3 Å². The minimum Gasteiger partial charge on any atom is -0.342 e. The van der Waals surface area contributed by atoms with Crippen molar-refractivity contribution in [2.45, 2.75) is 89.3 Å². The third kappa shape index (κ3) is 5.74. The summed E-state index contributed by atoms with van der Waals surface area (Å²) < 4.78 is 0. The first-order chi connectivity index (χ1) is 18.1. The monoisotopic (exact) mass is 502 g/mol. The Morgan fingerprint density at radius 3 is 2.43 bits per heavy atom. The van der Waals surface area contributed by atoms with Gasteiger partial charge in [0.1, 0.15) is 11.6 Å². The summed E-state index contributed by atoms with van der Waals surface area (Å²) in [5.41, 5.74) is 2.58. The number of nitrogens with zero attached hydrogens (tertiary/aromatic N) is 3. The third-order valence-electron chi connectivity index (χ3n) is 8.82. The van der Waals surface area contributed by atoms with Gasteiger partial charge in [0.15, 0.2) is 0 Å². The van der Waals surface area contributed by atoms with Crippen molar-refractivity contribution in [3.63, 3.8) is 0 Å². The van der Waals surface area contributed by atoms with Crippen LogP contribution in [0.2, 0.25) is 0 Å². The van der Waals surface area contributed by atoms with Crippen molar-refractivity contribution in [2.24, 2.45) is 5.92 Å². The molecule has 1 aliphatic carbocycles. The molecule has 2 aliphatic heterocycles. The zero-order valence-electron chi connectivity index (χ0n) is 22.3. The fourth-order valence-electron chi connectivity index (χ4n) is 6.57. The molecule has 198 valence electrons. The lowest BCUT2D eigenvalue weighted by Gasteiger charge is -2.52. The number of likely N-dealkylation sites (tertiary alicyclic amines) is 1. The lowest BCUT2D eigenvalue weighted by molar-refractivity contribution is -0.162. The molecule has 1 aromatic heterocycles. The second-order valence-corrected chi connectivity index (χ2v) is 11.3. The minimum atomic E-state index is -0.693. The van der Waals surface area contributed by atoms with E-state index in [9.17, 15) is 9.59 Å². The molecule has 1 N–H and O–H groups in total. The number of rotatable bonds is 8. The lowest BCUT2D eigenvalue weighted by atomic mass is 9.79. The molecule has 3 aliphatic rings.